The second-order valence-electron chi connectivity index (χ2n) is 6.64. The van der Waals surface area contributed by atoms with E-state index in [0.717, 1.165) is 22.2 Å². The first-order valence-corrected chi connectivity index (χ1v) is 8.91. The third kappa shape index (κ3) is 2.64. The minimum Gasteiger partial charge on any atom is -0.508 e. The van der Waals surface area contributed by atoms with Gasteiger partial charge >= 0.3 is 0 Å². The summed E-state index contributed by atoms with van der Waals surface area (Å²) in [5.41, 5.74) is 5.83. The highest BCUT2D eigenvalue weighted by atomic mass is 32.1. The Kier molecular flexibility index (Phi) is 3.96. The van der Waals surface area contributed by atoms with Gasteiger partial charge < -0.3 is 15.2 Å². The third-order valence-corrected chi connectivity index (χ3v) is 4.93. The van der Waals surface area contributed by atoms with Gasteiger partial charge in [0.05, 0.1) is 5.56 Å². The number of hydrogen-bond acceptors (Lipinski definition) is 6. The molecule has 0 saturated carbocycles. The molecule has 0 spiro atoms. The van der Waals surface area contributed by atoms with Crippen LogP contribution in [0.25, 0.3) is 10.9 Å². The Morgan fingerprint density at radius 2 is 1.92 bits per heavy atom. The molecule has 2 heterocycles. The highest BCUT2D eigenvalue weighted by Gasteiger charge is 2.30. The van der Waals surface area contributed by atoms with E-state index < -0.39 is 0 Å². The molecule has 6 nitrogen and oxygen atoms in total. The van der Waals surface area contributed by atoms with Crippen LogP contribution >= 0.6 is 12.6 Å². The number of nitrogens with one attached hydrogen (secondary N) is 2. The molecule has 0 amide bonds. The lowest BCUT2D eigenvalue weighted by Crippen LogP contribution is -2.36. The second kappa shape index (κ2) is 6.17. The van der Waals surface area contributed by atoms with Gasteiger partial charge in [0.15, 0.2) is 11.3 Å². The van der Waals surface area contributed by atoms with Gasteiger partial charge in [0.1, 0.15) is 11.5 Å². The van der Waals surface area contributed by atoms with Gasteiger partial charge in [0.25, 0.3) is 0 Å². The topological polar surface area (TPSA) is 83.9 Å². The second-order valence-corrected chi connectivity index (χ2v) is 7.13. The summed E-state index contributed by atoms with van der Waals surface area (Å²) in [6.07, 6.45) is 1.89. The monoisotopic (exact) mass is 368 g/mol. The SMILES string of the molecule is CC(C)c1cc(C2=NNC(S)N2c2ccc3[nH]ccc3c2)c(O)cc1O. The number of H-pyrrole nitrogens is 1. The van der Waals surface area contributed by atoms with Gasteiger partial charge in [-0.2, -0.15) is 5.10 Å². The van der Waals surface area contributed by atoms with Crippen LogP contribution in [0.4, 0.5) is 5.69 Å². The van der Waals surface area contributed by atoms with Crippen LogP contribution in [0.2, 0.25) is 0 Å². The maximum Gasteiger partial charge on any atom is 0.166 e. The van der Waals surface area contributed by atoms with Gasteiger partial charge in [0.2, 0.25) is 0 Å². The molecule has 134 valence electrons. The number of hydrogen-bond donors (Lipinski definition) is 5. The lowest BCUT2D eigenvalue weighted by Gasteiger charge is -2.25. The van der Waals surface area contributed by atoms with E-state index in [9.17, 15) is 10.2 Å². The van der Waals surface area contributed by atoms with Gasteiger partial charge in [-0.25, -0.2) is 0 Å². The van der Waals surface area contributed by atoms with Crippen molar-refractivity contribution in [2.24, 2.45) is 5.10 Å². The first-order valence-electron chi connectivity index (χ1n) is 8.39. The number of aromatic nitrogens is 1. The number of amidine groups is 1. The Morgan fingerprint density at radius 1 is 1.12 bits per heavy atom. The summed E-state index contributed by atoms with van der Waals surface area (Å²) in [6.45, 7) is 3.98. The lowest BCUT2D eigenvalue weighted by molar-refractivity contribution is 0.443. The summed E-state index contributed by atoms with van der Waals surface area (Å²) >= 11 is 4.57. The highest BCUT2D eigenvalue weighted by Crippen LogP contribution is 2.35. The van der Waals surface area contributed by atoms with Gasteiger partial charge in [0, 0.05) is 28.9 Å². The van der Waals surface area contributed by atoms with Gasteiger partial charge in [-0.3, -0.25) is 10.3 Å². The highest BCUT2D eigenvalue weighted by molar-refractivity contribution is 7.81. The van der Waals surface area contributed by atoms with Crippen LogP contribution in [0, 0.1) is 0 Å². The Morgan fingerprint density at radius 3 is 2.69 bits per heavy atom. The van der Waals surface area contributed by atoms with Crippen LogP contribution in [0.5, 0.6) is 11.5 Å². The first-order chi connectivity index (χ1) is 12.5. The van der Waals surface area contributed by atoms with Crippen molar-refractivity contribution in [1.82, 2.24) is 10.4 Å². The van der Waals surface area contributed by atoms with E-state index in [2.05, 4.69) is 28.1 Å². The average Bonchev–Trinajstić information content (AvgIpc) is 3.20. The minimum atomic E-state index is -0.364. The Labute approximate surface area is 156 Å². The number of aromatic amines is 1. The first kappa shape index (κ1) is 16.7. The predicted octanol–water partition coefficient (Wildman–Crippen LogP) is 3.69. The van der Waals surface area contributed by atoms with Crippen molar-refractivity contribution < 1.29 is 10.2 Å². The van der Waals surface area contributed by atoms with Gasteiger partial charge in [-0.1, -0.05) is 13.8 Å². The van der Waals surface area contributed by atoms with E-state index in [4.69, 9.17) is 0 Å². The number of phenolic OH excluding ortho intramolecular Hbond substituents is 2. The summed E-state index contributed by atoms with van der Waals surface area (Å²) in [5.74, 6) is 0.721. The molecular weight excluding hydrogens is 348 g/mol. The molecule has 0 fully saturated rings. The molecule has 1 atom stereocenters. The van der Waals surface area contributed by atoms with E-state index in [0.29, 0.717) is 11.4 Å². The largest absolute Gasteiger partial charge is 0.508 e. The zero-order valence-corrected chi connectivity index (χ0v) is 15.3. The van der Waals surface area contributed by atoms with Crippen LogP contribution in [-0.4, -0.2) is 26.5 Å². The van der Waals surface area contributed by atoms with Crippen LogP contribution in [0.3, 0.4) is 0 Å². The normalized spacial score (nSPS) is 17.0. The zero-order chi connectivity index (χ0) is 18.4. The predicted molar refractivity (Wildman–Crippen MR) is 107 cm³/mol. The average molecular weight is 368 g/mol. The van der Waals surface area contributed by atoms with Gasteiger partial charge in [-0.15, -0.1) is 12.6 Å². The van der Waals surface area contributed by atoms with Crippen LogP contribution in [0.15, 0.2) is 47.7 Å². The number of rotatable bonds is 3. The molecule has 26 heavy (non-hydrogen) atoms. The molecule has 1 aromatic heterocycles. The minimum absolute atomic E-state index is 0.0254. The number of nitrogens with zero attached hydrogens (tertiary/aromatic N) is 2. The Balaban J connectivity index is 1.81. The fourth-order valence-corrected chi connectivity index (χ4v) is 3.53. The molecule has 1 aliphatic heterocycles. The van der Waals surface area contributed by atoms with E-state index >= 15 is 0 Å². The van der Waals surface area contributed by atoms with Crippen LogP contribution in [-0.2, 0) is 0 Å². The molecule has 0 saturated heterocycles. The molecule has 0 aliphatic carbocycles. The molecule has 1 unspecified atom stereocenters. The number of benzene rings is 2. The van der Waals surface area contributed by atoms with Crippen molar-refractivity contribution in [3.05, 3.63) is 53.7 Å². The molecular formula is C19H20N4O2S. The van der Waals surface area contributed by atoms with E-state index in [-0.39, 0.29) is 22.9 Å². The molecule has 4 rings (SSSR count). The van der Waals surface area contributed by atoms with Crippen molar-refractivity contribution >= 4 is 35.1 Å². The van der Waals surface area contributed by atoms with Crippen molar-refractivity contribution in [3.63, 3.8) is 0 Å². The van der Waals surface area contributed by atoms with E-state index in [1.807, 2.05) is 49.2 Å². The van der Waals surface area contributed by atoms with Crippen molar-refractivity contribution in [2.75, 3.05) is 4.90 Å². The van der Waals surface area contributed by atoms with E-state index in [1.165, 1.54) is 6.07 Å². The number of anilines is 1. The fraction of sp³-hybridized carbons (Fsp3) is 0.211. The molecule has 3 aromatic rings. The molecule has 0 radical (unpaired) electrons. The molecule has 1 aliphatic rings. The number of aromatic hydroxyl groups is 2. The lowest BCUT2D eigenvalue weighted by atomic mass is 9.98. The number of fused-ring (bicyclic) bond motifs is 1. The smallest absolute Gasteiger partial charge is 0.166 e. The summed E-state index contributed by atoms with van der Waals surface area (Å²) in [6, 6.07) is 11.2. The summed E-state index contributed by atoms with van der Waals surface area (Å²) < 4.78 is 0. The number of phenols is 2. The molecule has 7 heteroatoms. The van der Waals surface area contributed by atoms with Crippen LogP contribution < -0.4 is 10.3 Å². The number of hydrazone groups is 1. The summed E-state index contributed by atoms with van der Waals surface area (Å²) in [4.78, 5) is 5.08. The molecule has 2 aromatic carbocycles. The summed E-state index contributed by atoms with van der Waals surface area (Å²) in [7, 11) is 0. The fourth-order valence-electron chi connectivity index (χ4n) is 3.23. The Bertz CT molecular complexity index is 1010. The van der Waals surface area contributed by atoms with Crippen molar-refractivity contribution in [3.8, 4) is 11.5 Å². The van der Waals surface area contributed by atoms with Crippen molar-refractivity contribution in [1.29, 1.82) is 0 Å². The molecule has 0 bridgehead atoms. The number of thiol groups is 1. The maximum absolute atomic E-state index is 10.4. The van der Waals surface area contributed by atoms with Crippen LogP contribution in [0.1, 0.15) is 30.9 Å². The maximum atomic E-state index is 10.4. The Hall–Kier alpha value is -2.80. The van der Waals surface area contributed by atoms with Gasteiger partial charge in [-0.05, 0) is 41.8 Å². The summed E-state index contributed by atoms with van der Waals surface area (Å²) in [5, 5.41) is 26.0. The van der Waals surface area contributed by atoms with Crippen molar-refractivity contribution in [2.45, 2.75) is 25.3 Å². The van der Waals surface area contributed by atoms with E-state index in [1.54, 1.807) is 6.07 Å². The molecule has 4 N–H and O–H groups in total. The third-order valence-electron chi connectivity index (χ3n) is 4.58. The zero-order valence-electron chi connectivity index (χ0n) is 14.4. The standard InChI is InChI=1S/C19H20N4O2S/c1-10(2)13-8-14(17(25)9-16(13)24)18-21-22-19(26)23(18)12-3-4-15-11(7-12)5-6-20-15/h3-10,19-20,22,24-26H,1-2H3. The quantitative estimate of drug-likeness (QED) is 0.457.